The topological polar surface area (TPSA) is 55.4 Å². The normalized spacial score (nSPS) is 11.3. The van der Waals surface area contributed by atoms with E-state index >= 15 is 0 Å². The van der Waals surface area contributed by atoms with Crippen molar-refractivity contribution in [2.24, 2.45) is 0 Å². The van der Waals surface area contributed by atoms with Gasteiger partial charge in [0.15, 0.2) is 6.61 Å². The molecule has 0 unspecified atom stereocenters. The number of esters is 1. The molecule has 1 amide bonds. The van der Waals surface area contributed by atoms with Crippen molar-refractivity contribution in [3.05, 3.63) is 74.1 Å². The molecule has 2 heterocycles. The van der Waals surface area contributed by atoms with E-state index in [2.05, 4.69) is 5.32 Å². The molecule has 0 spiro atoms. The highest BCUT2D eigenvalue weighted by molar-refractivity contribution is 7.12. The van der Waals surface area contributed by atoms with E-state index in [4.69, 9.17) is 4.74 Å². The summed E-state index contributed by atoms with van der Waals surface area (Å²) in [7, 11) is 0. The van der Waals surface area contributed by atoms with Gasteiger partial charge in [-0.1, -0.05) is 37.3 Å². The third-order valence-corrected chi connectivity index (χ3v) is 5.90. The van der Waals surface area contributed by atoms with Gasteiger partial charge in [-0.25, -0.2) is 4.79 Å². The van der Waals surface area contributed by atoms with Gasteiger partial charge in [0, 0.05) is 15.4 Å². The zero-order valence-electron chi connectivity index (χ0n) is 15.7. The molecule has 2 aromatic heterocycles. The number of thiophene rings is 2. The van der Waals surface area contributed by atoms with E-state index in [0.29, 0.717) is 5.57 Å². The lowest BCUT2D eigenvalue weighted by Crippen LogP contribution is -2.22. The molecule has 0 bridgehead atoms. The van der Waals surface area contributed by atoms with Crippen molar-refractivity contribution in [1.82, 2.24) is 0 Å². The van der Waals surface area contributed by atoms with Gasteiger partial charge in [0.1, 0.15) is 0 Å². The van der Waals surface area contributed by atoms with Crippen LogP contribution in [0.1, 0.15) is 27.8 Å². The lowest BCUT2D eigenvalue weighted by molar-refractivity contribution is -0.141. The van der Waals surface area contributed by atoms with Crippen LogP contribution in [0, 0.1) is 6.92 Å². The molecule has 3 rings (SSSR count). The smallest absolute Gasteiger partial charge is 0.340 e. The molecule has 4 nitrogen and oxygen atoms in total. The standard InChI is InChI=1S/C22H21NO3S2/c1-3-16-8-4-7-15(2)21(16)23-20(24)14-26-22(25)18(19-10-6-12-28-19)13-17-9-5-11-27-17/h4-13H,3,14H2,1-2H3,(H,23,24)/b18-13+. The maximum absolute atomic E-state index is 12.7. The van der Waals surface area contributed by atoms with Gasteiger partial charge in [0.05, 0.1) is 5.57 Å². The molecule has 6 heteroatoms. The number of carbonyl (C=O) groups is 2. The minimum Gasteiger partial charge on any atom is -0.452 e. The molecule has 0 saturated carbocycles. The number of hydrogen-bond donors (Lipinski definition) is 1. The van der Waals surface area contributed by atoms with Gasteiger partial charge >= 0.3 is 5.97 Å². The Bertz CT molecular complexity index is 973. The predicted molar refractivity (Wildman–Crippen MR) is 117 cm³/mol. The van der Waals surface area contributed by atoms with E-state index in [1.807, 2.05) is 67.1 Å². The van der Waals surface area contributed by atoms with Gasteiger partial charge in [-0.2, -0.15) is 0 Å². The number of aryl methyl sites for hydroxylation is 2. The van der Waals surface area contributed by atoms with Crippen molar-refractivity contribution in [1.29, 1.82) is 0 Å². The molecular weight excluding hydrogens is 390 g/mol. The van der Waals surface area contributed by atoms with Crippen molar-refractivity contribution in [2.45, 2.75) is 20.3 Å². The average molecular weight is 412 g/mol. The number of para-hydroxylation sites is 1. The molecule has 0 aliphatic rings. The molecule has 0 aliphatic heterocycles. The van der Waals surface area contributed by atoms with Crippen LogP contribution in [0.2, 0.25) is 0 Å². The van der Waals surface area contributed by atoms with E-state index in [1.165, 1.54) is 22.7 Å². The maximum Gasteiger partial charge on any atom is 0.340 e. The van der Waals surface area contributed by atoms with Crippen molar-refractivity contribution >= 4 is 51.9 Å². The summed E-state index contributed by atoms with van der Waals surface area (Å²) >= 11 is 3.00. The van der Waals surface area contributed by atoms with Crippen molar-refractivity contribution < 1.29 is 14.3 Å². The zero-order chi connectivity index (χ0) is 19.9. The summed E-state index contributed by atoms with van der Waals surface area (Å²) in [5.41, 5.74) is 3.28. The number of anilines is 1. The van der Waals surface area contributed by atoms with Crippen LogP contribution < -0.4 is 5.32 Å². The Morgan fingerprint density at radius 3 is 2.54 bits per heavy atom. The first-order chi connectivity index (χ1) is 13.6. The van der Waals surface area contributed by atoms with E-state index < -0.39 is 5.97 Å². The van der Waals surface area contributed by atoms with Gasteiger partial charge in [-0.15, -0.1) is 22.7 Å². The molecular formula is C22H21NO3S2. The molecule has 0 radical (unpaired) electrons. The molecule has 0 fully saturated rings. The van der Waals surface area contributed by atoms with Crippen LogP contribution in [-0.2, 0) is 20.7 Å². The van der Waals surface area contributed by atoms with E-state index in [1.54, 1.807) is 6.08 Å². The molecule has 0 atom stereocenters. The van der Waals surface area contributed by atoms with Gasteiger partial charge < -0.3 is 10.1 Å². The first-order valence-electron chi connectivity index (χ1n) is 8.93. The van der Waals surface area contributed by atoms with Crippen LogP contribution in [-0.4, -0.2) is 18.5 Å². The number of nitrogens with one attached hydrogen (secondary N) is 1. The number of carbonyl (C=O) groups excluding carboxylic acids is 2. The number of amides is 1. The first kappa shape index (κ1) is 20.0. The highest BCUT2D eigenvalue weighted by atomic mass is 32.1. The Morgan fingerprint density at radius 2 is 1.86 bits per heavy atom. The Balaban J connectivity index is 1.69. The molecule has 3 aromatic rings. The minimum atomic E-state index is -0.508. The van der Waals surface area contributed by atoms with Gasteiger partial charge in [0.2, 0.25) is 0 Å². The largest absolute Gasteiger partial charge is 0.452 e. The van der Waals surface area contributed by atoms with Crippen LogP contribution in [0.3, 0.4) is 0 Å². The summed E-state index contributed by atoms with van der Waals surface area (Å²) in [6.45, 7) is 3.65. The van der Waals surface area contributed by atoms with Crippen LogP contribution in [0.25, 0.3) is 11.6 Å². The molecule has 28 heavy (non-hydrogen) atoms. The molecule has 144 valence electrons. The Hall–Kier alpha value is -2.70. The fraction of sp³-hybridized carbons (Fsp3) is 0.182. The highest BCUT2D eigenvalue weighted by Crippen LogP contribution is 2.26. The second kappa shape index (κ2) is 9.48. The van der Waals surface area contributed by atoms with Crippen LogP contribution in [0.15, 0.2) is 53.2 Å². The van der Waals surface area contributed by atoms with Crippen LogP contribution >= 0.6 is 22.7 Å². The van der Waals surface area contributed by atoms with Crippen LogP contribution in [0.4, 0.5) is 5.69 Å². The Kier molecular flexibility index (Phi) is 6.79. The third-order valence-electron chi connectivity index (χ3n) is 4.18. The summed E-state index contributed by atoms with van der Waals surface area (Å²) in [5, 5.41) is 6.73. The predicted octanol–water partition coefficient (Wildman–Crippen LogP) is 5.40. The van der Waals surface area contributed by atoms with Gasteiger partial charge in [-0.3, -0.25) is 4.79 Å². The number of rotatable bonds is 7. The lowest BCUT2D eigenvalue weighted by atomic mass is 10.1. The summed E-state index contributed by atoms with van der Waals surface area (Å²) in [6.07, 6.45) is 2.61. The second-order valence-corrected chi connectivity index (χ2v) is 8.06. The van der Waals surface area contributed by atoms with Crippen LogP contribution in [0.5, 0.6) is 0 Å². The number of benzene rings is 1. The summed E-state index contributed by atoms with van der Waals surface area (Å²) < 4.78 is 5.32. The fourth-order valence-electron chi connectivity index (χ4n) is 2.76. The number of ether oxygens (including phenoxy) is 1. The zero-order valence-corrected chi connectivity index (χ0v) is 17.4. The monoisotopic (exact) mass is 411 g/mol. The van der Waals surface area contributed by atoms with E-state index in [-0.39, 0.29) is 12.5 Å². The third kappa shape index (κ3) is 4.97. The van der Waals surface area contributed by atoms with Crippen molar-refractivity contribution in [3.63, 3.8) is 0 Å². The highest BCUT2D eigenvalue weighted by Gasteiger charge is 2.17. The van der Waals surface area contributed by atoms with E-state index in [0.717, 1.165) is 33.0 Å². The Morgan fingerprint density at radius 1 is 1.07 bits per heavy atom. The molecule has 0 aliphatic carbocycles. The Labute approximate surface area is 172 Å². The summed E-state index contributed by atoms with van der Waals surface area (Å²) in [6, 6.07) is 13.5. The second-order valence-electron chi connectivity index (χ2n) is 6.14. The average Bonchev–Trinajstić information content (AvgIpc) is 3.39. The summed E-state index contributed by atoms with van der Waals surface area (Å²) in [4.78, 5) is 26.8. The number of hydrogen-bond acceptors (Lipinski definition) is 5. The summed E-state index contributed by atoms with van der Waals surface area (Å²) in [5.74, 6) is -0.856. The maximum atomic E-state index is 12.7. The molecule has 0 saturated heterocycles. The van der Waals surface area contributed by atoms with Gasteiger partial charge in [-0.05, 0) is 53.4 Å². The van der Waals surface area contributed by atoms with Crippen molar-refractivity contribution in [3.8, 4) is 0 Å². The van der Waals surface area contributed by atoms with Gasteiger partial charge in [0.25, 0.3) is 5.91 Å². The minimum absolute atomic E-state index is 0.330. The molecule has 1 aromatic carbocycles. The lowest BCUT2D eigenvalue weighted by Gasteiger charge is -2.13. The molecule has 1 N–H and O–H groups in total. The van der Waals surface area contributed by atoms with Crippen molar-refractivity contribution in [2.75, 3.05) is 11.9 Å². The van der Waals surface area contributed by atoms with E-state index in [9.17, 15) is 9.59 Å². The fourth-order valence-corrected chi connectivity index (χ4v) is 4.15. The first-order valence-corrected chi connectivity index (χ1v) is 10.7. The quantitative estimate of drug-likeness (QED) is 0.418. The SMILES string of the molecule is CCc1cccc(C)c1NC(=O)COC(=O)/C(=C/c1cccs1)c1cccs1.